The number of fused-ring (bicyclic) bond motifs is 3. The van der Waals surface area contributed by atoms with Gasteiger partial charge in [0.15, 0.2) is 5.79 Å². The third-order valence-corrected chi connectivity index (χ3v) is 12.5. The molecule has 0 spiro atoms. The summed E-state index contributed by atoms with van der Waals surface area (Å²) in [6.07, 6.45) is 9.53. The number of ether oxygens (including phenoxy) is 2. The van der Waals surface area contributed by atoms with E-state index in [2.05, 4.69) is 39.5 Å². The van der Waals surface area contributed by atoms with Crippen molar-refractivity contribution < 1.29 is 35.0 Å². The van der Waals surface area contributed by atoms with E-state index in [1.54, 1.807) is 6.92 Å². The van der Waals surface area contributed by atoms with E-state index in [1.165, 1.54) is 33.3 Å². The molecule has 7 heteroatoms. The van der Waals surface area contributed by atoms with Crippen LogP contribution in [0.15, 0.2) is 24.3 Å². The molecule has 0 aromatic carbocycles. The van der Waals surface area contributed by atoms with Gasteiger partial charge in [0, 0.05) is 5.41 Å². The lowest BCUT2D eigenvalue weighted by atomic mass is 9.45. The second kappa shape index (κ2) is 8.85. The fourth-order valence-electron chi connectivity index (χ4n) is 8.55. The van der Waals surface area contributed by atoms with Gasteiger partial charge in [0.05, 0.1) is 19.3 Å². The zero-order valence-corrected chi connectivity index (χ0v) is 24.8. The Morgan fingerprint density at radius 2 is 1.61 bits per heavy atom. The molecule has 7 nitrogen and oxygen atoms in total. The van der Waals surface area contributed by atoms with Crippen molar-refractivity contribution in [2.45, 2.75) is 128 Å². The minimum atomic E-state index is -2.09. The Hall–Kier alpha value is -0.800. The zero-order valence-electron chi connectivity index (χ0n) is 24.8. The van der Waals surface area contributed by atoms with Gasteiger partial charge in [0.25, 0.3) is 0 Å². The van der Waals surface area contributed by atoms with Crippen molar-refractivity contribution in [1.29, 1.82) is 0 Å². The first-order chi connectivity index (χ1) is 17.2. The average Bonchev–Trinajstić information content (AvgIpc) is 2.84. The Morgan fingerprint density at radius 3 is 2.18 bits per heavy atom. The molecule has 1 saturated heterocycles. The van der Waals surface area contributed by atoms with Crippen molar-refractivity contribution in [3.63, 3.8) is 0 Å². The number of aliphatic hydroxyl groups excluding tert-OH is 2. The molecule has 0 radical (unpaired) electrons. The highest BCUT2D eigenvalue weighted by molar-refractivity contribution is 5.26. The highest BCUT2D eigenvalue weighted by Gasteiger charge is 2.75. The van der Waals surface area contributed by atoms with Crippen LogP contribution in [-0.4, -0.2) is 73.0 Å². The second-order valence-corrected chi connectivity index (χ2v) is 14.7. The van der Waals surface area contributed by atoms with Gasteiger partial charge in [0.2, 0.25) is 0 Å². The molecule has 5 N–H and O–H groups in total. The molecule has 0 aromatic rings. The van der Waals surface area contributed by atoms with Crippen LogP contribution in [0.3, 0.4) is 0 Å². The second-order valence-electron chi connectivity index (χ2n) is 14.7. The van der Waals surface area contributed by atoms with Gasteiger partial charge in [-0.1, -0.05) is 38.5 Å². The molecule has 0 amide bonds. The zero-order chi connectivity index (χ0) is 28.8. The van der Waals surface area contributed by atoms with Crippen LogP contribution in [0.1, 0.15) is 93.9 Å². The lowest BCUT2D eigenvalue weighted by Crippen LogP contribution is -2.85. The summed E-state index contributed by atoms with van der Waals surface area (Å²) in [6, 6.07) is 0. The molecule has 218 valence electrons. The molecule has 1 unspecified atom stereocenters. The molecule has 4 aliphatic rings. The summed E-state index contributed by atoms with van der Waals surface area (Å²) >= 11 is 0. The quantitative estimate of drug-likeness (QED) is 0.339. The van der Waals surface area contributed by atoms with Crippen LogP contribution in [0, 0.1) is 28.1 Å². The van der Waals surface area contributed by atoms with E-state index in [9.17, 15) is 25.5 Å². The van der Waals surface area contributed by atoms with Gasteiger partial charge in [-0.2, -0.15) is 0 Å². The van der Waals surface area contributed by atoms with Crippen molar-refractivity contribution in [2.24, 2.45) is 28.1 Å². The summed E-state index contributed by atoms with van der Waals surface area (Å²) in [4.78, 5) is 0. The number of hydrogen-bond donors (Lipinski definition) is 5. The predicted molar refractivity (Wildman–Crippen MR) is 146 cm³/mol. The standard InChI is InChI=1S/C31H52O7/c1-10-24(2)15-13-21-20(17-24)11-12-22-25(21,3)16-14-23(33)26(22,4)19-37-31(9)30(8,36)29(7,35)28(6,34)27(5,18-32)38-31/h10-11,21-23,32-36H,1,12-19H2,2-9H3/t21-,22?,23-,24-,25+,26+,27+,28+,29-,30-,31+/m0/s1. The van der Waals surface area contributed by atoms with Crippen LogP contribution in [0.25, 0.3) is 0 Å². The van der Waals surface area contributed by atoms with Crippen molar-refractivity contribution in [1.82, 2.24) is 0 Å². The highest BCUT2D eigenvalue weighted by Crippen LogP contribution is 2.64. The molecule has 11 atom stereocenters. The minimum Gasteiger partial charge on any atom is -0.393 e. The van der Waals surface area contributed by atoms with Crippen molar-refractivity contribution >= 4 is 0 Å². The van der Waals surface area contributed by atoms with Crippen molar-refractivity contribution in [2.75, 3.05) is 13.2 Å². The Labute approximate surface area is 228 Å². The summed E-state index contributed by atoms with van der Waals surface area (Å²) in [6.45, 7) is 17.4. The van der Waals surface area contributed by atoms with Gasteiger partial charge in [0.1, 0.15) is 22.4 Å². The smallest absolute Gasteiger partial charge is 0.197 e. The summed E-state index contributed by atoms with van der Waals surface area (Å²) in [5.74, 6) is -1.19. The minimum absolute atomic E-state index is 0.00442. The molecule has 3 fully saturated rings. The molecule has 1 heterocycles. The van der Waals surface area contributed by atoms with E-state index in [0.29, 0.717) is 12.3 Å². The van der Waals surface area contributed by atoms with Gasteiger partial charge < -0.3 is 35.0 Å². The van der Waals surface area contributed by atoms with Crippen LogP contribution < -0.4 is 0 Å². The van der Waals surface area contributed by atoms with Crippen LogP contribution >= 0.6 is 0 Å². The monoisotopic (exact) mass is 536 g/mol. The van der Waals surface area contributed by atoms with E-state index in [0.717, 1.165) is 32.1 Å². The van der Waals surface area contributed by atoms with Gasteiger partial charge in [-0.25, -0.2) is 0 Å². The highest BCUT2D eigenvalue weighted by atomic mass is 16.7. The lowest BCUT2D eigenvalue weighted by Gasteiger charge is -2.66. The number of aliphatic hydroxyl groups is 5. The number of rotatable bonds is 5. The molecular formula is C31H52O7. The normalized spacial score (nSPS) is 57.0. The molecule has 38 heavy (non-hydrogen) atoms. The third kappa shape index (κ3) is 3.79. The first kappa shape index (κ1) is 30.2. The van der Waals surface area contributed by atoms with E-state index < -0.39 is 46.3 Å². The molecule has 1 aliphatic heterocycles. The average molecular weight is 537 g/mol. The van der Waals surface area contributed by atoms with Crippen molar-refractivity contribution in [3.05, 3.63) is 24.3 Å². The van der Waals surface area contributed by atoms with Gasteiger partial charge in [-0.3, -0.25) is 0 Å². The van der Waals surface area contributed by atoms with Crippen LogP contribution in [0.4, 0.5) is 0 Å². The molecule has 0 aromatic heterocycles. The SMILES string of the molecule is C=C[C@@]1(C)CC[C@H]2C(=CCC3[C@]2(C)CC[C@H](O)[C@]3(C)CO[C@]2(C)O[C@](C)(CO)[C@@](C)(O)[C@](C)(O)[C@]2(C)O)C1. The number of allylic oxidation sites excluding steroid dienone is 3. The maximum atomic E-state index is 11.7. The number of hydrogen-bond acceptors (Lipinski definition) is 7. The predicted octanol–water partition coefficient (Wildman–Crippen LogP) is 3.86. The third-order valence-electron chi connectivity index (χ3n) is 12.5. The fraction of sp³-hybridized carbons (Fsp3) is 0.871. The first-order valence-corrected chi connectivity index (χ1v) is 14.3. The van der Waals surface area contributed by atoms with E-state index in [-0.39, 0.29) is 23.4 Å². The summed E-state index contributed by atoms with van der Waals surface area (Å²) < 4.78 is 12.7. The Balaban J connectivity index is 1.67. The van der Waals surface area contributed by atoms with Crippen LogP contribution in [0.2, 0.25) is 0 Å². The Morgan fingerprint density at radius 1 is 0.974 bits per heavy atom. The van der Waals surface area contributed by atoms with Crippen molar-refractivity contribution in [3.8, 4) is 0 Å². The Bertz CT molecular complexity index is 987. The lowest BCUT2D eigenvalue weighted by molar-refractivity contribution is -0.461. The molecule has 3 aliphatic carbocycles. The topological polar surface area (TPSA) is 120 Å². The van der Waals surface area contributed by atoms with E-state index in [4.69, 9.17) is 9.47 Å². The molecule has 4 rings (SSSR count). The fourth-order valence-corrected chi connectivity index (χ4v) is 8.55. The van der Waals surface area contributed by atoms with Gasteiger partial charge in [-0.05, 0) is 95.8 Å². The van der Waals surface area contributed by atoms with E-state index in [1.807, 2.05) is 0 Å². The maximum Gasteiger partial charge on any atom is 0.197 e. The molecule has 0 bridgehead atoms. The van der Waals surface area contributed by atoms with Gasteiger partial charge >= 0.3 is 0 Å². The van der Waals surface area contributed by atoms with Crippen LogP contribution in [0.5, 0.6) is 0 Å². The first-order valence-electron chi connectivity index (χ1n) is 14.3. The largest absolute Gasteiger partial charge is 0.393 e. The Kier molecular flexibility index (Phi) is 7.02. The van der Waals surface area contributed by atoms with Crippen LogP contribution in [-0.2, 0) is 9.47 Å². The summed E-state index contributed by atoms with van der Waals surface area (Å²) in [5.41, 5.74) is -6.74. The summed E-state index contributed by atoms with van der Waals surface area (Å²) in [7, 11) is 0. The molecule has 2 saturated carbocycles. The van der Waals surface area contributed by atoms with Gasteiger partial charge in [-0.15, -0.1) is 6.58 Å². The van der Waals surface area contributed by atoms with E-state index >= 15 is 0 Å². The summed E-state index contributed by atoms with van der Waals surface area (Å²) in [5, 5.41) is 56.0. The molecular weight excluding hydrogens is 484 g/mol. The maximum absolute atomic E-state index is 11.7.